The molecule has 4 rings (SSSR count). The van der Waals surface area contributed by atoms with E-state index in [1.807, 2.05) is 15.9 Å². The van der Waals surface area contributed by atoms with Crippen LogP contribution >= 0.6 is 27.3 Å². The van der Waals surface area contributed by atoms with Gasteiger partial charge in [-0.2, -0.15) is 0 Å². The van der Waals surface area contributed by atoms with Crippen LogP contribution in [0, 0.1) is 17.7 Å². The van der Waals surface area contributed by atoms with Gasteiger partial charge in [-0.05, 0) is 71.8 Å². The van der Waals surface area contributed by atoms with Gasteiger partial charge < -0.3 is 9.80 Å². The minimum absolute atomic E-state index is 0.00359. The number of benzene rings is 1. The Hall–Kier alpha value is -1.49. The van der Waals surface area contributed by atoms with Crippen LogP contribution in [0.5, 0.6) is 0 Å². The molecule has 0 atom stereocenters. The Morgan fingerprint density at radius 3 is 2.38 bits per heavy atom. The van der Waals surface area contributed by atoms with Gasteiger partial charge in [-0.1, -0.05) is 12.1 Å². The summed E-state index contributed by atoms with van der Waals surface area (Å²) >= 11 is 4.49. The number of nitrogens with zero attached hydrogens (tertiary/aromatic N) is 2. The molecule has 6 nitrogen and oxygen atoms in total. The molecule has 1 aromatic carbocycles. The van der Waals surface area contributed by atoms with Gasteiger partial charge in [0.2, 0.25) is 15.9 Å². The molecule has 2 aromatic rings. The molecule has 2 heterocycles. The summed E-state index contributed by atoms with van der Waals surface area (Å²) < 4.78 is 42.7. The summed E-state index contributed by atoms with van der Waals surface area (Å²) in [6.45, 7) is 2.86. The second kappa shape index (κ2) is 10.2. The van der Waals surface area contributed by atoms with Crippen molar-refractivity contribution in [2.75, 3.05) is 37.6 Å². The highest BCUT2D eigenvalue weighted by molar-refractivity contribution is 9.11. The molecule has 10 heteroatoms. The summed E-state index contributed by atoms with van der Waals surface area (Å²) in [7, 11) is -3.49. The van der Waals surface area contributed by atoms with E-state index in [4.69, 9.17) is 0 Å². The zero-order valence-electron chi connectivity index (χ0n) is 17.7. The van der Waals surface area contributed by atoms with E-state index in [2.05, 4.69) is 20.7 Å². The number of thiophene rings is 1. The Balaban J connectivity index is 1.22. The Labute approximate surface area is 201 Å². The minimum Gasteiger partial charge on any atom is -0.366 e. The average molecular weight is 545 g/mol. The normalized spacial score (nSPS) is 22.2. The van der Waals surface area contributed by atoms with Crippen LogP contribution in [0.4, 0.5) is 10.1 Å². The highest BCUT2D eigenvalue weighted by Crippen LogP contribution is 2.31. The number of amides is 1. The van der Waals surface area contributed by atoms with Gasteiger partial charge in [0.15, 0.2) is 0 Å². The third-order valence-electron chi connectivity index (χ3n) is 6.36. The second-order valence-corrected chi connectivity index (χ2v) is 12.8. The minimum atomic E-state index is -3.49. The SMILES string of the molecule is O=C(C1CCC(CNS(=O)(=O)c2ccc(Br)s2)CC1)N1CCN(c2ccccc2F)CC1. The molecule has 1 N–H and O–H groups in total. The van der Waals surface area contributed by atoms with Gasteiger partial charge in [0, 0.05) is 38.6 Å². The molecule has 2 fully saturated rings. The number of nitrogens with one attached hydrogen (secondary N) is 1. The van der Waals surface area contributed by atoms with E-state index in [1.54, 1.807) is 24.3 Å². The maximum absolute atomic E-state index is 14.0. The van der Waals surface area contributed by atoms with Gasteiger partial charge in [0.05, 0.1) is 9.47 Å². The van der Waals surface area contributed by atoms with E-state index in [9.17, 15) is 17.6 Å². The van der Waals surface area contributed by atoms with E-state index in [1.165, 1.54) is 17.4 Å². The number of carbonyl (C=O) groups is 1. The molecule has 1 saturated carbocycles. The zero-order valence-corrected chi connectivity index (χ0v) is 20.9. The third kappa shape index (κ3) is 5.52. The molecule has 1 amide bonds. The van der Waals surface area contributed by atoms with Gasteiger partial charge in [0.25, 0.3) is 0 Å². The fourth-order valence-corrected chi connectivity index (χ4v) is 7.66. The number of rotatable bonds is 6. The van der Waals surface area contributed by atoms with Crippen LogP contribution in [-0.2, 0) is 14.8 Å². The van der Waals surface area contributed by atoms with E-state index in [0.29, 0.717) is 42.6 Å². The molecular formula is C22H27BrFN3O3S2. The summed E-state index contributed by atoms with van der Waals surface area (Å²) in [4.78, 5) is 16.9. The first-order chi connectivity index (χ1) is 15.3. The topological polar surface area (TPSA) is 69.7 Å². The number of sulfonamides is 1. The molecule has 1 saturated heterocycles. The van der Waals surface area contributed by atoms with Crippen molar-refractivity contribution in [2.45, 2.75) is 29.9 Å². The van der Waals surface area contributed by atoms with E-state index in [-0.39, 0.29) is 23.6 Å². The predicted octanol–water partition coefficient (Wildman–Crippen LogP) is 4.08. The highest BCUT2D eigenvalue weighted by atomic mass is 79.9. The Morgan fingerprint density at radius 2 is 1.75 bits per heavy atom. The monoisotopic (exact) mass is 543 g/mol. The first kappa shape index (κ1) is 23.7. The van der Waals surface area contributed by atoms with E-state index in [0.717, 1.165) is 29.5 Å². The van der Waals surface area contributed by atoms with Gasteiger partial charge in [0.1, 0.15) is 10.0 Å². The van der Waals surface area contributed by atoms with Crippen molar-refractivity contribution >= 4 is 48.9 Å². The van der Waals surface area contributed by atoms with Crippen molar-refractivity contribution < 1.29 is 17.6 Å². The van der Waals surface area contributed by atoms with Crippen LogP contribution in [0.1, 0.15) is 25.7 Å². The van der Waals surface area contributed by atoms with Crippen molar-refractivity contribution in [3.05, 3.63) is 46.0 Å². The van der Waals surface area contributed by atoms with Crippen molar-refractivity contribution in [1.29, 1.82) is 0 Å². The van der Waals surface area contributed by atoms with Crippen molar-refractivity contribution in [3.63, 3.8) is 0 Å². The molecule has 0 bridgehead atoms. The number of hydrogen-bond acceptors (Lipinski definition) is 5. The van der Waals surface area contributed by atoms with Crippen molar-refractivity contribution in [3.8, 4) is 0 Å². The van der Waals surface area contributed by atoms with E-state index < -0.39 is 10.0 Å². The molecule has 0 radical (unpaired) electrons. The zero-order chi connectivity index (χ0) is 22.7. The molecule has 1 aliphatic carbocycles. The van der Waals surface area contributed by atoms with Crippen molar-refractivity contribution in [1.82, 2.24) is 9.62 Å². The third-order valence-corrected chi connectivity index (χ3v) is 9.89. The maximum atomic E-state index is 14.0. The highest BCUT2D eigenvalue weighted by Gasteiger charge is 2.32. The summed E-state index contributed by atoms with van der Waals surface area (Å²) in [6, 6.07) is 10.1. The summed E-state index contributed by atoms with van der Waals surface area (Å²) in [5.41, 5.74) is 0.595. The van der Waals surface area contributed by atoms with Crippen LogP contribution in [0.2, 0.25) is 0 Å². The lowest BCUT2D eigenvalue weighted by atomic mass is 9.81. The molecule has 0 unspecified atom stereocenters. The lowest BCUT2D eigenvalue weighted by Gasteiger charge is -2.39. The fourth-order valence-electron chi connectivity index (χ4n) is 4.49. The first-order valence-electron chi connectivity index (χ1n) is 10.9. The van der Waals surface area contributed by atoms with Crippen molar-refractivity contribution in [2.24, 2.45) is 11.8 Å². The molecule has 174 valence electrons. The second-order valence-electron chi connectivity index (χ2n) is 8.39. The largest absolute Gasteiger partial charge is 0.366 e. The number of carbonyl (C=O) groups excluding carboxylic acids is 1. The molecular weight excluding hydrogens is 517 g/mol. The lowest BCUT2D eigenvalue weighted by molar-refractivity contribution is -0.137. The van der Waals surface area contributed by atoms with Crippen LogP contribution in [0.15, 0.2) is 44.4 Å². The standard InChI is InChI=1S/C22H27BrFN3O3S2/c23-20-9-10-21(31-20)32(29,30)25-15-16-5-7-17(8-6-16)22(28)27-13-11-26(12-14-27)19-4-2-1-3-18(19)24/h1-4,9-10,16-17,25H,5-8,11-15H2. The smallest absolute Gasteiger partial charge is 0.250 e. The number of hydrogen-bond donors (Lipinski definition) is 1. The Bertz CT molecular complexity index is 1050. The lowest BCUT2D eigenvalue weighted by Crippen LogP contribution is -2.51. The summed E-state index contributed by atoms with van der Waals surface area (Å²) in [6.07, 6.45) is 3.23. The molecule has 2 aliphatic rings. The van der Waals surface area contributed by atoms with Crippen LogP contribution in [0.3, 0.4) is 0 Å². The fraction of sp³-hybridized carbons (Fsp3) is 0.500. The van der Waals surface area contributed by atoms with Crippen LogP contribution in [0.25, 0.3) is 0 Å². The predicted molar refractivity (Wildman–Crippen MR) is 128 cm³/mol. The van der Waals surface area contributed by atoms with Crippen LogP contribution in [-0.4, -0.2) is 51.9 Å². The maximum Gasteiger partial charge on any atom is 0.250 e. The molecule has 0 spiro atoms. The quantitative estimate of drug-likeness (QED) is 0.595. The number of anilines is 1. The number of halogens is 2. The van der Waals surface area contributed by atoms with Crippen LogP contribution < -0.4 is 9.62 Å². The Kier molecular flexibility index (Phi) is 7.54. The first-order valence-corrected chi connectivity index (χ1v) is 14.0. The van der Waals surface area contributed by atoms with Gasteiger partial charge in [-0.3, -0.25) is 4.79 Å². The van der Waals surface area contributed by atoms with Gasteiger partial charge in [-0.15, -0.1) is 11.3 Å². The summed E-state index contributed by atoms with van der Waals surface area (Å²) in [5, 5.41) is 0. The average Bonchev–Trinajstić information content (AvgIpc) is 3.25. The number of piperazine rings is 1. The van der Waals surface area contributed by atoms with Gasteiger partial charge >= 0.3 is 0 Å². The number of para-hydroxylation sites is 1. The summed E-state index contributed by atoms with van der Waals surface area (Å²) in [5.74, 6) is 0.194. The van der Waals surface area contributed by atoms with E-state index >= 15 is 0 Å². The van der Waals surface area contributed by atoms with Gasteiger partial charge in [-0.25, -0.2) is 17.5 Å². The Morgan fingerprint density at radius 1 is 1.06 bits per heavy atom. The molecule has 32 heavy (non-hydrogen) atoms. The molecule has 1 aromatic heterocycles. The molecule has 1 aliphatic heterocycles.